The van der Waals surface area contributed by atoms with E-state index in [0.29, 0.717) is 30.5 Å². The molecule has 0 spiro atoms. The molecule has 0 saturated carbocycles. The normalized spacial score (nSPS) is 11.6. The van der Waals surface area contributed by atoms with Crippen LogP contribution < -0.4 is 10.6 Å². The molecule has 28 heavy (non-hydrogen) atoms. The van der Waals surface area contributed by atoms with Gasteiger partial charge in [0.25, 0.3) is 5.91 Å². The first-order valence-electron chi connectivity index (χ1n) is 9.20. The predicted molar refractivity (Wildman–Crippen MR) is 110 cm³/mol. The maximum absolute atomic E-state index is 12.5. The van der Waals surface area contributed by atoms with Crippen LogP contribution in [0.4, 0.5) is 5.82 Å². The van der Waals surface area contributed by atoms with Crippen molar-refractivity contribution in [2.24, 2.45) is 0 Å². The highest BCUT2D eigenvalue weighted by Crippen LogP contribution is 2.22. The summed E-state index contributed by atoms with van der Waals surface area (Å²) in [6.45, 7) is 2.92. The van der Waals surface area contributed by atoms with E-state index in [2.05, 4.69) is 39.7 Å². The van der Waals surface area contributed by atoms with E-state index in [1.165, 1.54) is 0 Å². The minimum atomic E-state index is -0.257. The molecule has 1 unspecified atom stereocenters. The first-order valence-corrected chi connectivity index (χ1v) is 9.20. The molecule has 2 aromatic carbocycles. The van der Waals surface area contributed by atoms with Crippen molar-refractivity contribution in [2.45, 2.75) is 13.0 Å². The van der Waals surface area contributed by atoms with Crippen LogP contribution in [0.2, 0.25) is 0 Å². The zero-order valence-corrected chi connectivity index (χ0v) is 16.1. The van der Waals surface area contributed by atoms with E-state index in [-0.39, 0.29) is 11.9 Å². The largest absolute Gasteiger partial charge is 0.383 e. The van der Waals surface area contributed by atoms with E-state index >= 15 is 0 Å². The molecule has 144 valence electrons. The van der Waals surface area contributed by atoms with Crippen LogP contribution in [0.15, 0.2) is 66.7 Å². The number of nitrogens with one attached hydrogen (secondary N) is 2. The van der Waals surface area contributed by atoms with Crippen LogP contribution in [0, 0.1) is 0 Å². The molecule has 1 aromatic heterocycles. The molecule has 0 aliphatic carbocycles. The van der Waals surface area contributed by atoms with E-state index in [9.17, 15) is 4.79 Å². The van der Waals surface area contributed by atoms with Crippen LogP contribution >= 0.6 is 0 Å². The van der Waals surface area contributed by atoms with Gasteiger partial charge in [-0.1, -0.05) is 60.7 Å². The van der Waals surface area contributed by atoms with Crippen molar-refractivity contribution >= 4 is 11.7 Å². The zero-order valence-electron chi connectivity index (χ0n) is 16.1. The fraction of sp³-hybridized carbons (Fsp3) is 0.227. The Balaban J connectivity index is 1.89. The molecule has 0 aliphatic rings. The first kappa shape index (κ1) is 19.5. The number of hydrogen-bond acceptors (Lipinski definition) is 5. The molecule has 0 bridgehead atoms. The number of methoxy groups -OCH3 is 1. The van der Waals surface area contributed by atoms with Crippen LogP contribution in [0.1, 0.15) is 29.0 Å². The molecule has 3 rings (SSSR count). The first-order chi connectivity index (χ1) is 13.7. The van der Waals surface area contributed by atoms with Crippen LogP contribution in [-0.4, -0.2) is 36.1 Å². The Morgan fingerprint density at radius 2 is 1.71 bits per heavy atom. The summed E-state index contributed by atoms with van der Waals surface area (Å²) >= 11 is 0. The average molecular weight is 376 g/mol. The van der Waals surface area contributed by atoms with Crippen molar-refractivity contribution in [3.63, 3.8) is 0 Å². The topological polar surface area (TPSA) is 76.1 Å². The summed E-state index contributed by atoms with van der Waals surface area (Å²) in [5, 5.41) is 6.18. The van der Waals surface area contributed by atoms with Gasteiger partial charge in [-0.15, -0.1) is 0 Å². The number of carbonyl (C=O) groups excluding carboxylic acids is 1. The highest BCUT2D eigenvalue weighted by molar-refractivity contribution is 5.93. The van der Waals surface area contributed by atoms with Crippen molar-refractivity contribution in [1.82, 2.24) is 15.3 Å². The van der Waals surface area contributed by atoms with Crippen molar-refractivity contribution in [3.05, 3.63) is 78.0 Å². The Kier molecular flexibility index (Phi) is 6.70. The minimum Gasteiger partial charge on any atom is -0.383 e. The molecule has 0 saturated heterocycles. The van der Waals surface area contributed by atoms with Gasteiger partial charge in [0, 0.05) is 31.3 Å². The number of ether oxygens (including phenoxy) is 1. The Hall–Kier alpha value is -3.25. The Bertz CT molecular complexity index is 901. The van der Waals surface area contributed by atoms with Gasteiger partial charge in [-0.25, -0.2) is 9.97 Å². The molecule has 6 nitrogen and oxygen atoms in total. The second-order valence-electron chi connectivity index (χ2n) is 6.35. The van der Waals surface area contributed by atoms with Crippen molar-refractivity contribution in [2.75, 3.05) is 25.6 Å². The van der Waals surface area contributed by atoms with Crippen molar-refractivity contribution in [3.8, 4) is 11.4 Å². The standard InChI is InChI=1S/C22H24N4O2/c1-16(17-9-5-3-6-10-17)24-20-15-19(22(27)23-13-14-28-2)25-21(26-20)18-11-7-4-8-12-18/h3-12,15-16H,13-14H2,1-2H3,(H,23,27)(H,24,25,26). The molecule has 6 heteroatoms. The summed E-state index contributed by atoms with van der Waals surface area (Å²) in [7, 11) is 1.59. The van der Waals surface area contributed by atoms with Crippen LogP contribution in [0.25, 0.3) is 11.4 Å². The summed E-state index contributed by atoms with van der Waals surface area (Å²) in [4.78, 5) is 21.6. The number of carbonyl (C=O) groups is 1. The molecule has 1 amide bonds. The smallest absolute Gasteiger partial charge is 0.270 e. The molecule has 0 fully saturated rings. The third-order valence-electron chi connectivity index (χ3n) is 4.25. The summed E-state index contributed by atoms with van der Waals surface area (Å²) in [5.41, 5.74) is 2.30. The van der Waals surface area contributed by atoms with Gasteiger partial charge in [-0.05, 0) is 12.5 Å². The van der Waals surface area contributed by atoms with Crippen LogP contribution in [-0.2, 0) is 4.74 Å². The highest BCUT2D eigenvalue weighted by atomic mass is 16.5. The molecule has 3 aromatic rings. The lowest BCUT2D eigenvalue weighted by molar-refractivity contribution is 0.0932. The Morgan fingerprint density at radius 1 is 1.04 bits per heavy atom. The SMILES string of the molecule is COCCNC(=O)c1cc(NC(C)c2ccccc2)nc(-c2ccccc2)n1. The maximum Gasteiger partial charge on any atom is 0.270 e. The molecule has 0 radical (unpaired) electrons. The second kappa shape index (κ2) is 9.62. The zero-order chi connectivity index (χ0) is 19.8. The molecule has 1 heterocycles. The Morgan fingerprint density at radius 3 is 2.39 bits per heavy atom. The quantitative estimate of drug-likeness (QED) is 0.587. The number of hydrogen-bond donors (Lipinski definition) is 2. The third-order valence-corrected chi connectivity index (χ3v) is 4.25. The molecule has 2 N–H and O–H groups in total. The Labute approximate surface area is 165 Å². The minimum absolute atomic E-state index is 0.0316. The summed E-state index contributed by atoms with van der Waals surface area (Å²) in [5.74, 6) is 0.844. The highest BCUT2D eigenvalue weighted by Gasteiger charge is 2.14. The molecular formula is C22H24N4O2. The predicted octanol–water partition coefficient (Wildman–Crippen LogP) is 3.69. The van der Waals surface area contributed by atoms with E-state index in [1.807, 2.05) is 48.5 Å². The van der Waals surface area contributed by atoms with Crippen molar-refractivity contribution in [1.29, 1.82) is 0 Å². The van der Waals surface area contributed by atoms with E-state index in [0.717, 1.165) is 11.1 Å². The van der Waals surface area contributed by atoms with Gasteiger partial charge in [0.05, 0.1) is 6.61 Å². The van der Waals surface area contributed by atoms with Gasteiger partial charge in [-0.3, -0.25) is 4.79 Å². The molecule has 0 aliphatic heterocycles. The van der Waals surface area contributed by atoms with Gasteiger partial charge in [0.15, 0.2) is 5.82 Å². The monoisotopic (exact) mass is 376 g/mol. The lowest BCUT2D eigenvalue weighted by Crippen LogP contribution is -2.28. The number of rotatable bonds is 8. The fourth-order valence-corrected chi connectivity index (χ4v) is 2.76. The van der Waals surface area contributed by atoms with Gasteiger partial charge >= 0.3 is 0 Å². The lowest BCUT2D eigenvalue weighted by Gasteiger charge is -2.16. The second-order valence-corrected chi connectivity index (χ2v) is 6.35. The third kappa shape index (κ3) is 5.14. The number of anilines is 1. The molecule has 1 atom stereocenters. The van der Waals surface area contributed by atoms with E-state index in [1.54, 1.807) is 13.2 Å². The molecular weight excluding hydrogens is 352 g/mol. The van der Waals surface area contributed by atoms with Crippen LogP contribution in [0.3, 0.4) is 0 Å². The lowest BCUT2D eigenvalue weighted by atomic mass is 10.1. The number of nitrogens with zero attached hydrogens (tertiary/aromatic N) is 2. The summed E-state index contributed by atoms with van der Waals surface area (Å²) < 4.78 is 4.99. The number of amides is 1. The van der Waals surface area contributed by atoms with E-state index in [4.69, 9.17) is 4.74 Å². The summed E-state index contributed by atoms with van der Waals surface area (Å²) in [6.07, 6.45) is 0. The van der Waals surface area contributed by atoms with Gasteiger partial charge in [-0.2, -0.15) is 0 Å². The average Bonchev–Trinajstić information content (AvgIpc) is 2.75. The van der Waals surface area contributed by atoms with Gasteiger partial charge in [0.2, 0.25) is 0 Å². The summed E-state index contributed by atoms with van der Waals surface area (Å²) in [6, 6.07) is 21.4. The van der Waals surface area contributed by atoms with Gasteiger partial charge < -0.3 is 15.4 Å². The fourth-order valence-electron chi connectivity index (χ4n) is 2.76. The van der Waals surface area contributed by atoms with Crippen molar-refractivity contribution < 1.29 is 9.53 Å². The number of benzene rings is 2. The van der Waals surface area contributed by atoms with Gasteiger partial charge in [0.1, 0.15) is 11.5 Å². The van der Waals surface area contributed by atoms with E-state index < -0.39 is 0 Å². The van der Waals surface area contributed by atoms with Crippen LogP contribution in [0.5, 0.6) is 0 Å². The number of aromatic nitrogens is 2. The maximum atomic E-state index is 12.5.